The van der Waals surface area contributed by atoms with Crippen molar-refractivity contribution in [2.75, 3.05) is 5.73 Å². The quantitative estimate of drug-likeness (QED) is 0.881. The van der Waals surface area contributed by atoms with Crippen LogP contribution < -0.4 is 5.73 Å². The zero-order valence-corrected chi connectivity index (χ0v) is 12.2. The fourth-order valence-electron chi connectivity index (χ4n) is 3.30. The fourth-order valence-corrected chi connectivity index (χ4v) is 3.30. The van der Waals surface area contributed by atoms with E-state index >= 15 is 0 Å². The highest BCUT2D eigenvalue weighted by atomic mass is 19.1. The zero-order chi connectivity index (χ0) is 14.8. The molecule has 0 spiro atoms. The topological polar surface area (TPSA) is 69.6 Å². The van der Waals surface area contributed by atoms with Crippen molar-refractivity contribution in [1.82, 2.24) is 20.2 Å². The number of rotatable bonds is 3. The van der Waals surface area contributed by atoms with E-state index in [4.69, 9.17) is 5.73 Å². The van der Waals surface area contributed by atoms with E-state index in [9.17, 15) is 4.39 Å². The molecular weight excluding hydrogens is 269 g/mol. The number of anilines is 1. The second-order valence-electron chi connectivity index (χ2n) is 5.70. The molecule has 1 aromatic carbocycles. The number of tetrazole rings is 1. The van der Waals surface area contributed by atoms with E-state index in [0.717, 1.165) is 12.8 Å². The maximum absolute atomic E-state index is 13.5. The van der Waals surface area contributed by atoms with Crippen molar-refractivity contribution < 1.29 is 4.39 Å². The van der Waals surface area contributed by atoms with Crippen LogP contribution in [0.1, 0.15) is 45.1 Å². The monoisotopic (exact) mass is 289 g/mol. The third kappa shape index (κ3) is 2.62. The molecule has 1 saturated carbocycles. The fraction of sp³-hybridized carbons (Fsp3) is 0.533. The lowest BCUT2D eigenvalue weighted by atomic mass is 9.83. The minimum Gasteiger partial charge on any atom is -0.398 e. The van der Waals surface area contributed by atoms with Crippen LogP contribution in [0.5, 0.6) is 0 Å². The Balaban J connectivity index is 2.02. The molecule has 0 saturated heterocycles. The van der Waals surface area contributed by atoms with Crippen LogP contribution in [0.4, 0.5) is 10.1 Å². The van der Waals surface area contributed by atoms with Crippen LogP contribution >= 0.6 is 0 Å². The number of halogens is 1. The standard InChI is InChI=1S/C15H20FN5/c1-2-10-5-3-4-6-14(10)21-15(18-19-20-21)12-9-11(16)7-8-13(12)17/h7-10,14H,2-6,17H2,1H3. The maximum atomic E-state index is 13.5. The maximum Gasteiger partial charge on any atom is 0.184 e. The van der Waals surface area contributed by atoms with Crippen molar-refractivity contribution in [3.8, 4) is 11.4 Å². The van der Waals surface area contributed by atoms with E-state index in [-0.39, 0.29) is 11.9 Å². The average molecular weight is 289 g/mol. The molecule has 6 heteroatoms. The second-order valence-corrected chi connectivity index (χ2v) is 5.70. The number of hydrogen-bond donors (Lipinski definition) is 1. The smallest absolute Gasteiger partial charge is 0.184 e. The summed E-state index contributed by atoms with van der Waals surface area (Å²) >= 11 is 0. The highest BCUT2D eigenvalue weighted by Gasteiger charge is 2.29. The minimum atomic E-state index is -0.329. The van der Waals surface area contributed by atoms with Crippen LogP contribution in [0, 0.1) is 11.7 Å². The van der Waals surface area contributed by atoms with E-state index < -0.39 is 0 Å². The van der Waals surface area contributed by atoms with E-state index in [2.05, 4.69) is 22.4 Å². The highest BCUT2D eigenvalue weighted by molar-refractivity contribution is 5.71. The summed E-state index contributed by atoms with van der Waals surface area (Å²) in [7, 11) is 0. The number of aromatic nitrogens is 4. The predicted octanol–water partition coefficient (Wildman–Crippen LogP) is 3.20. The molecule has 0 bridgehead atoms. The number of nitrogen functional groups attached to an aromatic ring is 1. The molecule has 0 amide bonds. The number of nitrogens with two attached hydrogens (primary N) is 1. The Morgan fingerprint density at radius 2 is 2.14 bits per heavy atom. The predicted molar refractivity (Wildman–Crippen MR) is 78.9 cm³/mol. The summed E-state index contributed by atoms with van der Waals surface area (Å²) in [5.74, 6) is 0.803. The molecule has 3 rings (SSSR count). The first kappa shape index (κ1) is 14.0. The van der Waals surface area contributed by atoms with Gasteiger partial charge in [0, 0.05) is 11.3 Å². The molecule has 5 nitrogen and oxygen atoms in total. The van der Waals surface area contributed by atoms with Gasteiger partial charge in [0.15, 0.2) is 5.82 Å². The van der Waals surface area contributed by atoms with Gasteiger partial charge in [-0.25, -0.2) is 9.07 Å². The molecule has 1 aliphatic carbocycles. The third-order valence-corrected chi connectivity index (χ3v) is 4.46. The van der Waals surface area contributed by atoms with Crippen molar-refractivity contribution >= 4 is 5.69 Å². The van der Waals surface area contributed by atoms with Gasteiger partial charge in [-0.15, -0.1) is 5.10 Å². The Kier molecular flexibility index (Phi) is 3.86. The summed E-state index contributed by atoms with van der Waals surface area (Å²) in [6, 6.07) is 4.59. The third-order valence-electron chi connectivity index (χ3n) is 4.46. The summed E-state index contributed by atoms with van der Waals surface area (Å²) in [4.78, 5) is 0. The number of nitrogens with zero attached hydrogens (tertiary/aromatic N) is 4. The lowest BCUT2D eigenvalue weighted by Crippen LogP contribution is -2.24. The zero-order valence-electron chi connectivity index (χ0n) is 12.2. The van der Waals surface area contributed by atoms with E-state index in [1.54, 1.807) is 6.07 Å². The minimum absolute atomic E-state index is 0.274. The molecule has 1 aromatic heterocycles. The van der Waals surface area contributed by atoms with Gasteiger partial charge in [0.2, 0.25) is 0 Å². The lowest BCUT2D eigenvalue weighted by Gasteiger charge is -2.31. The molecule has 2 N–H and O–H groups in total. The van der Waals surface area contributed by atoms with Crippen molar-refractivity contribution in [3.63, 3.8) is 0 Å². The largest absolute Gasteiger partial charge is 0.398 e. The first-order valence-electron chi connectivity index (χ1n) is 7.54. The van der Waals surface area contributed by atoms with E-state index in [0.29, 0.717) is 23.0 Å². The first-order chi connectivity index (χ1) is 10.2. The lowest BCUT2D eigenvalue weighted by molar-refractivity contribution is 0.216. The molecule has 21 heavy (non-hydrogen) atoms. The van der Waals surface area contributed by atoms with Gasteiger partial charge in [-0.1, -0.05) is 26.2 Å². The van der Waals surface area contributed by atoms with Crippen molar-refractivity contribution in [2.45, 2.75) is 45.1 Å². The second kappa shape index (κ2) is 5.79. The number of benzene rings is 1. The summed E-state index contributed by atoms with van der Waals surface area (Å²) in [6.45, 7) is 2.20. The molecule has 2 aromatic rings. The first-order valence-corrected chi connectivity index (χ1v) is 7.54. The molecule has 2 unspecified atom stereocenters. The van der Waals surface area contributed by atoms with Crippen molar-refractivity contribution in [3.05, 3.63) is 24.0 Å². The Morgan fingerprint density at radius 3 is 2.95 bits per heavy atom. The van der Waals surface area contributed by atoms with Gasteiger partial charge in [-0.2, -0.15) is 0 Å². The highest BCUT2D eigenvalue weighted by Crippen LogP contribution is 2.38. The van der Waals surface area contributed by atoms with Crippen LogP contribution in [-0.2, 0) is 0 Å². The molecule has 0 radical (unpaired) electrons. The molecule has 2 atom stereocenters. The molecule has 0 aliphatic heterocycles. The van der Waals surface area contributed by atoms with Crippen molar-refractivity contribution in [1.29, 1.82) is 0 Å². The molecule has 1 fully saturated rings. The van der Waals surface area contributed by atoms with E-state index in [1.165, 1.54) is 31.4 Å². The van der Waals surface area contributed by atoms with Crippen LogP contribution in [-0.4, -0.2) is 20.2 Å². The van der Waals surface area contributed by atoms with Crippen LogP contribution in [0.2, 0.25) is 0 Å². The summed E-state index contributed by atoms with van der Waals surface area (Å²) < 4.78 is 15.4. The molecular formula is C15H20FN5. The van der Waals surface area contributed by atoms with E-state index in [1.807, 2.05) is 4.68 Å². The Labute approximate surface area is 123 Å². The Hall–Kier alpha value is -1.98. The summed E-state index contributed by atoms with van der Waals surface area (Å²) in [5, 5.41) is 12.0. The molecule has 1 heterocycles. The van der Waals surface area contributed by atoms with Crippen molar-refractivity contribution in [2.24, 2.45) is 5.92 Å². The number of hydrogen-bond acceptors (Lipinski definition) is 4. The Morgan fingerprint density at radius 1 is 1.33 bits per heavy atom. The SMILES string of the molecule is CCC1CCCCC1n1nnnc1-c1cc(F)ccc1N. The van der Waals surface area contributed by atoms with Gasteiger partial charge in [0.25, 0.3) is 0 Å². The summed E-state index contributed by atoms with van der Waals surface area (Å²) in [5.41, 5.74) is 7.04. The van der Waals surface area contributed by atoms with Crippen LogP contribution in [0.15, 0.2) is 18.2 Å². The molecule has 1 aliphatic rings. The van der Waals surface area contributed by atoms with Gasteiger partial charge < -0.3 is 5.73 Å². The molecule has 112 valence electrons. The van der Waals surface area contributed by atoms with Crippen LogP contribution in [0.3, 0.4) is 0 Å². The van der Waals surface area contributed by atoms with Gasteiger partial charge in [-0.3, -0.25) is 0 Å². The van der Waals surface area contributed by atoms with Gasteiger partial charge >= 0.3 is 0 Å². The summed E-state index contributed by atoms with van der Waals surface area (Å²) in [6.07, 6.45) is 5.79. The Bertz CT molecular complexity index is 624. The van der Waals surface area contributed by atoms with Gasteiger partial charge in [-0.05, 0) is 47.4 Å². The normalized spacial score (nSPS) is 22.4. The average Bonchev–Trinajstić information content (AvgIpc) is 2.98. The van der Waals surface area contributed by atoms with Gasteiger partial charge in [0.05, 0.1) is 6.04 Å². The van der Waals surface area contributed by atoms with Gasteiger partial charge in [0.1, 0.15) is 5.82 Å². The van der Waals surface area contributed by atoms with Crippen LogP contribution in [0.25, 0.3) is 11.4 Å².